The molecule has 29 atom stereocenters. The highest BCUT2D eigenvalue weighted by molar-refractivity contribution is 5.87. The Balaban J connectivity index is 0.976. The van der Waals surface area contributed by atoms with Gasteiger partial charge in [-0.3, -0.25) is 9.59 Å². The third kappa shape index (κ3) is 12.7. The van der Waals surface area contributed by atoms with Crippen LogP contribution in [0.3, 0.4) is 0 Å². The van der Waals surface area contributed by atoms with E-state index in [0.717, 1.165) is 18.2 Å². The highest BCUT2D eigenvalue weighted by Crippen LogP contribution is 2.76. The zero-order chi connectivity index (χ0) is 67.8. The molecule has 27 nitrogen and oxygen atoms in total. The zero-order valence-electron chi connectivity index (χ0n) is 54.3. The number of fused-ring (bicyclic) bond motifs is 7. The van der Waals surface area contributed by atoms with E-state index in [1.54, 1.807) is 6.08 Å². The van der Waals surface area contributed by atoms with E-state index in [-0.39, 0.29) is 18.3 Å². The van der Waals surface area contributed by atoms with Crippen molar-refractivity contribution in [1.29, 1.82) is 0 Å². The number of hydrogen-bond donors (Lipinski definition) is 11. The van der Waals surface area contributed by atoms with Gasteiger partial charge in [-0.05, 0) is 96.0 Å². The van der Waals surface area contributed by atoms with Crippen LogP contribution in [0.4, 0.5) is 0 Å². The minimum atomic E-state index is -2.10. The molecule has 11 N–H and O–H groups in total. The van der Waals surface area contributed by atoms with E-state index in [4.69, 9.17) is 56.8 Å². The first kappa shape index (κ1) is 71.6. The van der Waals surface area contributed by atoms with E-state index in [1.165, 1.54) is 19.9 Å². The number of aliphatic hydroxyl groups excluding tert-OH is 11. The van der Waals surface area contributed by atoms with Crippen LogP contribution < -0.4 is 0 Å². The molecule has 5 aliphatic carbocycles. The minimum absolute atomic E-state index is 0.0406. The molecule has 0 radical (unpaired) electrons. The number of allylic oxidation sites excluding steroid dienone is 2. The molecule has 4 aliphatic heterocycles. The first-order chi connectivity index (χ1) is 43.7. The molecule has 0 bridgehead atoms. The summed E-state index contributed by atoms with van der Waals surface area (Å²) < 4.78 is 73.6. The molecular formula is C66H96O27. The molecule has 4 heterocycles. The number of ether oxygens (including phenoxy) is 12. The smallest absolute Gasteiger partial charge is 0.337 e. The summed E-state index contributed by atoms with van der Waals surface area (Å²) in [7, 11) is 1.04. The van der Waals surface area contributed by atoms with Gasteiger partial charge in [0.05, 0.1) is 45.1 Å². The van der Waals surface area contributed by atoms with Gasteiger partial charge in [0, 0.05) is 25.3 Å². The predicted molar refractivity (Wildman–Crippen MR) is 318 cm³/mol. The number of rotatable bonds is 16. The molecule has 0 spiro atoms. The molecule has 27 heteroatoms. The quantitative estimate of drug-likeness (QED) is 0.0347. The van der Waals surface area contributed by atoms with Crippen LogP contribution in [0.25, 0.3) is 6.08 Å². The third-order valence-electron chi connectivity index (χ3n) is 23.2. The summed E-state index contributed by atoms with van der Waals surface area (Å²) in [5.74, 6) is -3.79. The van der Waals surface area contributed by atoms with Crippen molar-refractivity contribution >= 4 is 30.0 Å². The van der Waals surface area contributed by atoms with Crippen molar-refractivity contribution in [3.05, 3.63) is 53.6 Å². The number of aliphatic hydroxyl groups is 11. The maximum Gasteiger partial charge on any atom is 0.337 e. The van der Waals surface area contributed by atoms with Crippen LogP contribution >= 0.6 is 0 Å². The highest BCUT2D eigenvalue weighted by Gasteiger charge is 2.75. The van der Waals surface area contributed by atoms with E-state index in [1.807, 2.05) is 44.2 Å². The second-order valence-electron chi connectivity index (χ2n) is 29.2. The number of carbonyl (C=O) groups is 4. The molecule has 4 saturated heterocycles. The number of methoxy groups -OCH3 is 1. The molecule has 93 heavy (non-hydrogen) atoms. The Labute approximate surface area is 540 Å². The van der Waals surface area contributed by atoms with Gasteiger partial charge in [0.2, 0.25) is 0 Å². The Morgan fingerprint density at radius 2 is 1.25 bits per heavy atom. The lowest BCUT2D eigenvalue weighted by atomic mass is 9.33. The fourth-order valence-corrected chi connectivity index (χ4v) is 18.1. The van der Waals surface area contributed by atoms with Crippen molar-refractivity contribution in [1.82, 2.24) is 0 Å². The largest absolute Gasteiger partial charge is 0.467 e. The van der Waals surface area contributed by atoms with Gasteiger partial charge in [0.15, 0.2) is 37.4 Å². The fourth-order valence-electron chi connectivity index (χ4n) is 18.1. The highest BCUT2D eigenvalue weighted by atomic mass is 16.8. The molecule has 9 aliphatic rings. The van der Waals surface area contributed by atoms with Crippen molar-refractivity contribution in [2.24, 2.45) is 50.2 Å². The lowest BCUT2D eigenvalue weighted by Crippen LogP contribution is -2.73. The number of benzene rings is 1. The molecule has 0 amide bonds. The van der Waals surface area contributed by atoms with Crippen molar-refractivity contribution in [3.8, 4) is 0 Å². The van der Waals surface area contributed by atoms with Gasteiger partial charge in [0.25, 0.3) is 0 Å². The molecule has 0 aromatic heterocycles. The molecule has 4 saturated carbocycles. The molecular weight excluding hydrogens is 1220 g/mol. The second-order valence-corrected chi connectivity index (χ2v) is 29.2. The normalized spacial score (nSPS) is 46.9. The summed E-state index contributed by atoms with van der Waals surface area (Å²) in [4.78, 5) is 54.5. The van der Waals surface area contributed by atoms with Gasteiger partial charge in [0.1, 0.15) is 91.6 Å². The average Bonchev–Trinajstić information content (AvgIpc) is 0.669. The lowest BCUT2D eigenvalue weighted by Gasteiger charge is -2.72. The van der Waals surface area contributed by atoms with E-state index in [0.29, 0.717) is 38.5 Å². The van der Waals surface area contributed by atoms with E-state index >= 15 is 0 Å². The summed E-state index contributed by atoms with van der Waals surface area (Å²) >= 11 is 0. The van der Waals surface area contributed by atoms with Crippen LogP contribution in [0.2, 0.25) is 0 Å². The second kappa shape index (κ2) is 27.3. The fraction of sp³-hybridized carbons (Fsp3) is 0.788. The van der Waals surface area contributed by atoms with Gasteiger partial charge in [-0.25, -0.2) is 9.59 Å². The van der Waals surface area contributed by atoms with Crippen LogP contribution in [0.15, 0.2) is 48.1 Å². The van der Waals surface area contributed by atoms with Crippen molar-refractivity contribution in [3.63, 3.8) is 0 Å². The van der Waals surface area contributed by atoms with E-state index in [9.17, 15) is 75.3 Å². The van der Waals surface area contributed by atoms with Gasteiger partial charge in [-0.2, -0.15) is 0 Å². The Morgan fingerprint density at radius 1 is 0.613 bits per heavy atom. The Morgan fingerprint density at radius 3 is 1.89 bits per heavy atom. The topological polar surface area (TPSA) is 402 Å². The number of carbonyl (C=O) groups excluding carboxylic acids is 4. The number of hydrogen-bond acceptors (Lipinski definition) is 27. The van der Waals surface area contributed by atoms with Crippen LogP contribution in [-0.4, -0.2) is 249 Å². The van der Waals surface area contributed by atoms with Crippen LogP contribution in [0, 0.1) is 50.2 Å². The van der Waals surface area contributed by atoms with Crippen molar-refractivity contribution in [2.45, 2.75) is 242 Å². The monoisotopic (exact) mass is 1320 g/mol. The molecule has 522 valence electrons. The van der Waals surface area contributed by atoms with Gasteiger partial charge in [-0.15, -0.1) is 0 Å². The summed E-state index contributed by atoms with van der Waals surface area (Å²) in [5.41, 5.74) is -3.01. The van der Waals surface area contributed by atoms with Gasteiger partial charge in [-0.1, -0.05) is 90.4 Å². The molecule has 0 unspecified atom stereocenters. The molecule has 1 aromatic carbocycles. The van der Waals surface area contributed by atoms with Crippen molar-refractivity contribution < 1.29 is 132 Å². The summed E-state index contributed by atoms with van der Waals surface area (Å²) in [6.45, 7) is 14.8. The Bertz CT molecular complexity index is 2890. The van der Waals surface area contributed by atoms with Crippen LogP contribution in [0.1, 0.15) is 113 Å². The third-order valence-corrected chi connectivity index (χ3v) is 23.2. The van der Waals surface area contributed by atoms with Crippen LogP contribution in [0.5, 0.6) is 0 Å². The Hall–Kier alpha value is -4.18. The first-order valence-corrected chi connectivity index (χ1v) is 32.3. The molecule has 8 fully saturated rings. The predicted octanol–water partition coefficient (Wildman–Crippen LogP) is 0.215. The lowest BCUT2D eigenvalue weighted by molar-refractivity contribution is -0.399. The van der Waals surface area contributed by atoms with Gasteiger partial charge >= 0.3 is 23.9 Å². The summed E-state index contributed by atoms with van der Waals surface area (Å²) in [6, 6.07) is 9.19. The molecule has 1 aromatic rings. The summed E-state index contributed by atoms with van der Waals surface area (Å²) in [6.07, 6.45) is -28.6. The maximum atomic E-state index is 13.8. The summed E-state index contributed by atoms with van der Waals surface area (Å²) in [5, 5.41) is 122. The standard InChI is InChI=1S/C66H96O27/c1-30(69)85-41-25-65(9)33(34-24-61(3,4)54(55(86-31(2)70)66(34,41)29-68)89-42(73)19-16-32-14-12-11-13-15-32)17-18-39-63(7)22-21-40(62(5,6)38(63)20-23-64(39,65)8)88-60-53(93-58-48(79)46(77)45(76)37(26-67)87-58)50(49(80)51(91-60)56(81)82-10)90-59-52(44(75)36(72)28-84-59)92-57-47(78)43(74)35(71)27-83-57/h11-17,19,34-41,43-55,57-60,67-68,71-72,74-80H,18,20-29H2,1-10H3/b19-16+/t34-,35+,36-,37+,38-,39+,40-,41+,43-,44-,45-,46-,47+,48+,49-,50-,51-,52+,53+,54-,55-,57-,58-,59-,60+,63-,64+,65+,66-/m0/s1. The van der Waals surface area contributed by atoms with Gasteiger partial charge < -0.3 is 113 Å². The minimum Gasteiger partial charge on any atom is -0.467 e. The van der Waals surface area contributed by atoms with Crippen LogP contribution in [-0.2, 0) is 76.0 Å². The zero-order valence-corrected chi connectivity index (χ0v) is 54.3. The Kier molecular flexibility index (Phi) is 21.0. The SMILES string of the molecule is COC(=O)[C@H]1O[C@@H](O[C@H]2CC[C@]3(C)[C@H]4CC=C5[C@@H]6CC(C)(C)[C@@H](OC(=O)/C=C/c7ccccc7)[C@H](OC(C)=O)[C@]6(CO)[C@H](OC(C)=O)C[C@@]5(C)[C@]4(C)CC[C@H]3C2(C)C)[C@H](O[C@@H]2O[C@H](CO)[C@H](O)[C@H](O)[C@H]2O)[C@@H](O[C@@H]2OC[C@H](O)[C@H](O)[C@H]2O[C@@H]2OC[C@@H](O)[C@H](O)[C@H]2O)[C@@H]1O. The van der Waals surface area contributed by atoms with E-state index < -0.39 is 224 Å². The first-order valence-electron chi connectivity index (χ1n) is 32.3. The maximum absolute atomic E-state index is 13.8. The van der Waals surface area contributed by atoms with Crippen molar-refractivity contribution in [2.75, 3.05) is 33.5 Å². The average molecular weight is 1320 g/mol. The van der Waals surface area contributed by atoms with E-state index in [2.05, 4.69) is 40.7 Å². The number of esters is 4. The molecule has 10 rings (SSSR count).